The molecule has 0 fully saturated rings. The topological polar surface area (TPSA) is 75.6 Å². The summed E-state index contributed by atoms with van der Waals surface area (Å²) in [6, 6.07) is 15.7. The second-order valence-electron chi connectivity index (χ2n) is 5.16. The molecule has 0 aliphatic rings. The summed E-state index contributed by atoms with van der Waals surface area (Å²) in [5.74, 6) is -1.13. The van der Waals surface area contributed by atoms with Crippen LogP contribution in [0.25, 0.3) is 11.1 Å². The number of aliphatic hydroxyl groups is 1. The van der Waals surface area contributed by atoms with Crippen LogP contribution in [0.3, 0.4) is 0 Å². The Labute approximate surface area is 134 Å². The minimum Gasteiger partial charge on any atom is -0.467 e. The Bertz CT molecular complexity index is 665. The van der Waals surface area contributed by atoms with Gasteiger partial charge in [0.25, 0.3) is 5.91 Å². The second kappa shape index (κ2) is 7.56. The lowest BCUT2D eigenvalue weighted by Gasteiger charge is -2.19. The number of amides is 1. The number of benzene rings is 2. The standard InChI is InChI=1S/C18H19NO4/c1-12(20)16(18(22)23-2)19-17(21)15-10-8-14(9-11-15)13-6-4-3-5-7-13/h3-12,16,20H,1-2H3,(H,19,21). The number of hydrogen-bond donors (Lipinski definition) is 2. The molecule has 2 unspecified atom stereocenters. The molecule has 0 aromatic heterocycles. The van der Waals surface area contributed by atoms with E-state index in [0.717, 1.165) is 11.1 Å². The SMILES string of the molecule is COC(=O)C(NC(=O)c1ccc(-c2ccccc2)cc1)C(C)O. The highest BCUT2D eigenvalue weighted by atomic mass is 16.5. The molecule has 2 aromatic rings. The zero-order valence-corrected chi connectivity index (χ0v) is 13.0. The molecule has 0 radical (unpaired) electrons. The molecule has 120 valence electrons. The number of carbonyl (C=O) groups is 2. The third kappa shape index (κ3) is 4.17. The molecular weight excluding hydrogens is 294 g/mol. The first-order chi connectivity index (χ1) is 11.0. The van der Waals surface area contributed by atoms with E-state index >= 15 is 0 Å². The lowest BCUT2D eigenvalue weighted by Crippen LogP contribution is -2.48. The van der Waals surface area contributed by atoms with Crippen LogP contribution in [0, 0.1) is 0 Å². The Morgan fingerprint density at radius 3 is 2.09 bits per heavy atom. The van der Waals surface area contributed by atoms with Gasteiger partial charge in [0.05, 0.1) is 13.2 Å². The maximum absolute atomic E-state index is 12.2. The number of ether oxygens (including phenoxy) is 1. The van der Waals surface area contributed by atoms with E-state index in [1.807, 2.05) is 42.5 Å². The molecule has 23 heavy (non-hydrogen) atoms. The van der Waals surface area contributed by atoms with Crippen LogP contribution in [-0.2, 0) is 9.53 Å². The van der Waals surface area contributed by atoms with E-state index in [1.54, 1.807) is 12.1 Å². The van der Waals surface area contributed by atoms with Gasteiger partial charge >= 0.3 is 5.97 Å². The highest BCUT2D eigenvalue weighted by Gasteiger charge is 2.26. The van der Waals surface area contributed by atoms with Gasteiger partial charge in [0, 0.05) is 5.56 Å². The van der Waals surface area contributed by atoms with Gasteiger partial charge in [0.2, 0.25) is 0 Å². The normalized spacial score (nSPS) is 13.0. The van der Waals surface area contributed by atoms with Crippen molar-refractivity contribution in [2.75, 3.05) is 7.11 Å². The molecule has 2 N–H and O–H groups in total. The maximum atomic E-state index is 12.2. The molecule has 2 atom stereocenters. The highest BCUT2D eigenvalue weighted by molar-refractivity contribution is 5.97. The summed E-state index contributed by atoms with van der Waals surface area (Å²) < 4.78 is 4.57. The molecule has 0 heterocycles. The fourth-order valence-corrected chi connectivity index (χ4v) is 2.17. The van der Waals surface area contributed by atoms with Crippen molar-refractivity contribution in [3.8, 4) is 11.1 Å². The molecular formula is C18H19NO4. The fourth-order valence-electron chi connectivity index (χ4n) is 2.17. The van der Waals surface area contributed by atoms with Crippen molar-refractivity contribution in [3.63, 3.8) is 0 Å². The van der Waals surface area contributed by atoms with Crippen molar-refractivity contribution in [2.24, 2.45) is 0 Å². The predicted octanol–water partition coefficient (Wildman–Crippen LogP) is 2.01. The summed E-state index contributed by atoms with van der Waals surface area (Å²) >= 11 is 0. The van der Waals surface area contributed by atoms with Crippen LogP contribution in [0.1, 0.15) is 17.3 Å². The first-order valence-electron chi connectivity index (χ1n) is 7.25. The summed E-state index contributed by atoms with van der Waals surface area (Å²) in [5, 5.41) is 12.1. The Morgan fingerprint density at radius 1 is 1.00 bits per heavy atom. The number of aliphatic hydroxyl groups excluding tert-OH is 1. The van der Waals surface area contributed by atoms with E-state index in [9.17, 15) is 14.7 Å². The predicted molar refractivity (Wildman–Crippen MR) is 86.8 cm³/mol. The second-order valence-corrected chi connectivity index (χ2v) is 5.16. The maximum Gasteiger partial charge on any atom is 0.331 e. The van der Waals surface area contributed by atoms with E-state index < -0.39 is 24.0 Å². The molecule has 0 saturated heterocycles. The fraction of sp³-hybridized carbons (Fsp3) is 0.222. The van der Waals surface area contributed by atoms with Crippen LogP contribution < -0.4 is 5.32 Å². The summed E-state index contributed by atoms with van der Waals surface area (Å²) in [7, 11) is 1.21. The highest BCUT2D eigenvalue weighted by Crippen LogP contribution is 2.19. The van der Waals surface area contributed by atoms with Crippen molar-refractivity contribution < 1.29 is 19.4 Å². The molecule has 0 saturated carbocycles. The molecule has 0 bridgehead atoms. The average molecular weight is 313 g/mol. The van der Waals surface area contributed by atoms with Gasteiger partial charge in [-0.2, -0.15) is 0 Å². The Morgan fingerprint density at radius 2 is 1.57 bits per heavy atom. The van der Waals surface area contributed by atoms with Gasteiger partial charge in [-0.1, -0.05) is 42.5 Å². The average Bonchev–Trinajstić information content (AvgIpc) is 2.59. The Hall–Kier alpha value is -2.66. The van der Waals surface area contributed by atoms with Gasteiger partial charge in [-0.15, -0.1) is 0 Å². The first kappa shape index (κ1) is 16.7. The zero-order chi connectivity index (χ0) is 16.8. The van der Waals surface area contributed by atoms with E-state index in [-0.39, 0.29) is 0 Å². The summed E-state index contributed by atoms with van der Waals surface area (Å²) in [6.45, 7) is 1.42. The Kier molecular flexibility index (Phi) is 5.49. The van der Waals surface area contributed by atoms with Crippen LogP contribution in [-0.4, -0.2) is 36.2 Å². The smallest absolute Gasteiger partial charge is 0.331 e. The van der Waals surface area contributed by atoms with Crippen LogP contribution in [0.15, 0.2) is 54.6 Å². The molecule has 1 amide bonds. The third-order valence-electron chi connectivity index (χ3n) is 3.48. The number of hydrogen-bond acceptors (Lipinski definition) is 4. The number of nitrogens with one attached hydrogen (secondary N) is 1. The van der Waals surface area contributed by atoms with Gasteiger partial charge in [0.1, 0.15) is 0 Å². The van der Waals surface area contributed by atoms with E-state index in [2.05, 4.69) is 10.1 Å². The molecule has 0 aliphatic heterocycles. The van der Waals surface area contributed by atoms with Gasteiger partial charge in [-0.25, -0.2) is 4.79 Å². The van der Waals surface area contributed by atoms with Crippen LogP contribution in [0.5, 0.6) is 0 Å². The van der Waals surface area contributed by atoms with Crippen molar-refractivity contribution >= 4 is 11.9 Å². The van der Waals surface area contributed by atoms with Crippen LogP contribution in [0.2, 0.25) is 0 Å². The lowest BCUT2D eigenvalue weighted by atomic mass is 10.0. The van der Waals surface area contributed by atoms with Crippen molar-refractivity contribution in [2.45, 2.75) is 19.1 Å². The summed E-state index contributed by atoms with van der Waals surface area (Å²) in [4.78, 5) is 23.8. The minimum absolute atomic E-state index is 0.402. The molecule has 0 spiro atoms. The number of carbonyl (C=O) groups excluding carboxylic acids is 2. The number of rotatable bonds is 5. The van der Waals surface area contributed by atoms with Crippen LogP contribution >= 0.6 is 0 Å². The largest absolute Gasteiger partial charge is 0.467 e. The summed E-state index contributed by atoms with van der Waals surface area (Å²) in [5.41, 5.74) is 2.44. The van der Waals surface area contributed by atoms with Gasteiger partial charge in [-0.3, -0.25) is 4.79 Å². The molecule has 5 nitrogen and oxygen atoms in total. The van der Waals surface area contributed by atoms with Gasteiger partial charge < -0.3 is 15.2 Å². The summed E-state index contributed by atoms with van der Waals surface area (Å²) in [6.07, 6.45) is -1.05. The molecule has 5 heteroatoms. The van der Waals surface area contributed by atoms with E-state index in [4.69, 9.17) is 0 Å². The quantitative estimate of drug-likeness (QED) is 0.828. The van der Waals surface area contributed by atoms with Crippen molar-refractivity contribution in [1.82, 2.24) is 5.32 Å². The lowest BCUT2D eigenvalue weighted by molar-refractivity contribution is -0.145. The van der Waals surface area contributed by atoms with Gasteiger partial charge in [-0.05, 0) is 30.2 Å². The number of methoxy groups -OCH3 is 1. The Balaban J connectivity index is 2.12. The molecule has 0 aliphatic carbocycles. The van der Waals surface area contributed by atoms with Crippen molar-refractivity contribution in [1.29, 1.82) is 0 Å². The molecule has 2 rings (SSSR count). The monoisotopic (exact) mass is 313 g/mol. The van der Waals surface area contributed by atoms with Gasteiger partial charge in [0.15, 0.2) is 6.04 Å². The number of esters is 1. The minimum atomic E-state index is -1.10. The first-order valence-corrected chi connectivity index (χ1v) is 7.25. The van der Waals surface area contributed by atoms with E-state index in [1.165, 1.54) is 14.0 Å². The van der Waals surface area contributed by atoms with Crippen LogP contribution in [0.4, 0.5) is 0 Å². The third-order valence-corrected chi connectivity index (χ3v) is 3.48. The molecule has 2 aromatic carbocycles. The van der Waals surface area contributed by atoms with E-state index in [0.29, 0.717) is 5.56 Å². The zero-order valence-electron chi connectivity index (χ0n) is 13.0. The van der Waals surface area contributed by atoms with Crippen molar-refractivity contribution in [3.05, 3.63) is 60.2 Å².